The minimum atomic E-state index is 0. The van der Waals surface area contributed by atoms with Crippen LogP contribution in [0.2, 0.25) is 0 Å². The minimum Gasteiger partial charge on any atom is -0.496 e. The highest BCUT2D eigenvalue weighted by atomic mass is 35.5. The van der Waals surface area contributed by atoms with E-state index in [1.165, 1.54) is 22.3 Å². The first-order chi connectivity index (χ1) is 16.6. The van der Waals surface area contributed by atoms with E-state index in [2.05, 4.69) is 104 Å². The van der Waals surface area contributed by atoms with Crippen LogP contribution >= 0.6 is 24.8 Å². The Bertz CT molecular complexity index is 1030. The average Bonchev–Trinajstić information content (AvgIpc) is 3.18. The third-order valence-corrected chi connectivity index (χ3v) is 6.98. The van der Waals surface area contributed by atoms with Crippen LogP contribution in [0.25, 0.3) is 0 Å². The predicted molar refractivity (Wildman–Crippen MR) is 154 cm³/mol. The molecule has 1 heterocycles. The molecule has 1 fully saturated rings. The molecule has 0 amide bonds. The number of ether oxygens (including phenoxy) is 2. The lowest BCUT2D eigenvalue weighted by Crippen LogP contribution is -2.40. The standard InChI is InChI=1S/C30H38N2O2.2ClH/c1-21(2)25-15-16-28(33-4)26(17-25)18-31-30-27(20-34-19-23-11-7-5-8-12-23)22(3)32-29(30)24-13-9-6-10-14-24;;/h5-17,21-22,27,29-32H,18-20H2,1-4H3;2*1H/t22-,27-,29+,30+;;/m1../s1. The van der Waals surface area contributed by atoms with Crippen LogP contribution in [0.3, 0.4) is 0 Å². The third-order valence-electron chi connectivity index (χ3n) is 6.98. The largest absolute Gasteiger partial charge is 0.496 e. The average molecular weight is 532 g/mol. The molecule has 1 saturated heterocycles. The summed E-state index contributed by atoms with van der Waals surface area (Å²) in [6.07, 6.45) is 0. The van der Waals surface area contributed by atoms with E-state index in [4.69, 9.17) is 9.47 Å². The van der Waals surface area contributed by atoms with E-state index in [1.807, 2.05) is 6.07 Å². The van der Waals surface area contributed by atoms with Crippen molar-refractivity contribution < 1.29 is 9.47 Å². The second-order valence-electron chi connectivity index (χ2n) is 9.64. The number of hydrogen-bond acceptors (Lipinski definition) is 4. The van der Waals surface area contributed by atoms with E-state index in [1.54, 1.807) is 7.11 Å². The molecule has 0 spiro atoms. The lowest BCUT2D eigenvalue weighted by molar-refractivity contribution is 0.0745. The molecule has 3 aromatic rings. The Morgan fingerprint density at radius 3 is 2.22 bits per heavy atom. The highest BCUT2D eigenvalue weighted by Crippen LogP contribution is 2.33. The quantitative estimate of drug-likeness (QED) is 0.306. The Morgan fingerprint density at radius 1 is 0.917 bits per heavy atom. The van der Waals surface area contributed by atoms with Crippen LogP contribution in [0.4, 0.5) is 0 Å². The van der Waals surface area contributed by atoms with Gasteiger partial charge in [0.15, 0.2) is 0 Å². The lowest BCUT2D eigenvalue weighted by atomic mass is 9.91. The Morgan fingerprint density at radius 2 is 1.58 bits per heavy atom. The fourth-order valence-corrected chi connectivity index (χ4v) is 4.96. The zero-order valence-corrected chi connectivity index (χ0v) is 23.3. The van der Waals surface area contributed by atoms with Gasteiger partial charge in [-0.15, -0.1) is 24.8 Å². The molecule has 36 heavy (non-hydrogen) atoms. The summed E-state index contributed by atoms with van der Waals surface area (Å²) in [6.45, 7) is 8.82. The zero-order valence-electron chi connectivity index (χ0n) is 21.6. The third kappa shape index (κ3) is 7.47. The highest BCUT2D eigenvalue weighted by molar-refractivity contribution is 5.85. The van der Waals surface area contributed by atoms with E-state index in [-0.39, 0.29) is 36.9 Å². The molecule has 0 radical (unpaired) electrons. The van der Waals surface area contributed by atoms with Crippen LogP contribution in [-0.2, 0) is 17.9 Å². The molecule has 0 unspecified atom stereocenters. The van der Waals surface area contributed by atoms with Gasteiger partial charge in [-0.3, -0.25) is 0 Å². The normalized spacial score (nSPS) is 21.0. The van der Waals surface area contributed by atoms with Gasteiger partial charge in [0.1, 0.15) is 5.75 Å². The fraction of sp³-hybridized carbons (Fsp3) is 0.400. The Kier molecular flexibility index (Phi) is 12.2. The summed E-state index contributed by atoms with van der Waals surface area (Å²) in [6, 6.07) is 28.5. The summed E-state index contributed by atoms with van der Waals surface area (Å²) in [5.74, 6) is 1.76. The number of nitrogens with one attached hydrogen (secondary N) is 2. The molecular weight excluding hydrogens is 491 g/mol. The van der Waals surface area contributed by atoms with Crippen molar-refractivity contribution in [3.63, 3.8) is 0 Å². The Labute approximate surface area is 229 Å². The molecule has 6 heteroatoms. The van der Waals surface area contributed by atoms with Gasteiger partial charge in [0.2, 0.25) is 0 Å². The molecule has 2 N–H and O–H groups in total. The summed E-state index contributed by atoms with van der Waals surface area (Å²) in [5.41, 5.74) is 5.04. The van der Waals surface area contributed by atoms with Gasteiger partial charge in [-0.1, -0.05) is 86.6 Å². The van der Waals surface area contributed by atoms with E-state index >= 15 is 0 Å². The number of halogens is 2. The van der Waals surface area contributed by atoms with E-state index < -0.39 is 0 Å². The summed E-state index contributed by atoms with van der Waals surface area (Å²) in [4.78, 5) is 0. The van der Waals surface area contributed by atoms with Crippen LogP contribution in [0.5, 0.6) is 5.75 Å². The van der Waals surface area contributed by atoms with E-state index in [0.29, 0.717) is 31.1 Å². The van der Waals surface area contributed by atoms with Crippen molar-refractivity contribution in [1.82, 2.24) is 10.6 Å². The van der Waals surface area contributed by atoms with Crippen LogP contribution in [-0.4, -0.2) is 25.8 Å². The van der Waals surface area contributed by atoms with E-state index in [0.717, 1.165) is 12.3 Å². The Hall–Kier alpha value is -2.08. The summed E-state index contributed by atoms with van der Waals surface area (Å²) in [5, 5.41) is 7.73. The maximum atomic E-state index is 6.23. The van der Waals surface area contributed by atoms with Gasteiger partial charge in [0.05, 0.1) is 20.3 Å². The van der Waals surface area contributed by atoms with Crippen LogP contribution < -0.4 is 15.4 Å². The fourth-order valence-electron chi connectivity index (χ4n) is 4.96. The molecule has 0 aromatic heterocycles. The molecule has 196 valence electrons. The molecule has 3 aromatic carbocycles. The van der Waals surface area contributed by atoms with Crippen molar-refractivity contribution in [1.29, 1.82) is 0 Å². The number of benzene rings is 3. The molecule has 4 rings (SSSR count). The summed E-state index contributed by atoms with van der Waals surface area (Å²) < 4.78 is 11.9. The van der Waals surface area contributed by atoms with Gasteiger partial charge in [-0.05, 0) is 35.6 Å². The van der Waals surface area contributed by atoms with Crippen molar-refractivity contribution >= 4 is 24.8 Å². The second kappa shape index (κ2) is 14.6. The maximum Gasteiger partial charge on any atom is 0.123 e. The van der Waals surface area contributed by atoms with Crippen molar-refractivity contribution in [3.8, 4) is 5.75 Å². The van der Waals surface area contributed by atoms with Gasteiger partial charge < -0.3 is 20.1 Å². The first-order valence-electron chi connectivity index (χ1n) is 12.4. The predicted octanol–water partition coefficient (Wildman–Crippen LogP) is 6.69. The van der Waals surface area contributed by atoms with Gasteiger partial charge in [-0.2, -0.15) is 0 Å². The van der Waals surface area contributed by atoms with Crippen LogP contribution in [0.1, 0.15) is 55.0 Å². The topological polar surface area (TPSA) is 42.5 Å². The Balaban J connectivity index is 0.00000228. The molecule has 1 aliphatic heterocycles. The smallest absolute Gasteiger partial charge is 0.123 e. The summed E-state index contributed by atoms with van der Waals surface area (Å²) >= 11 is 0. The van der Waals surface area contributed by atoms with Gasteiger partial charge >= 0.3 is 0 Å². The molecule has 4 atom stereocenters. The van der Waals surface area contributed by atoms with Crippen LogP contribution in [0, 0.1) is 5.92 Å². The van der Waals surface area contributed by atoms with E-state index in [9.17, 15) is 0 Å². The number of methoxy groups -OCH3 is 1. The first kappa shape index (κ1) is 30.1. The molecule has 0 bridgehead atoms. The van der Waals surface area contributed by atoms with Crippen LogP contribution in [0.15, 0.2) is 78.9 Å². The number of hydrogen-bond donors (Lipinski definition) is 2. The lowest BCUT2D eigenvalue weighted by Gasteiger charge is -2.27. The monoisotopic (exact) mass is 530 g/mol. The highest BCUT2D eigenvalue weighted by Gasteiger charge is 2.41. The molecular formula is C30H40Cl2N2O2. The van der Waals surface area contributed by atoms with Crippen molar-refractivity contribution in [2.24, 2.45) is 5.92 Å². The number of rotatable bonds is 10. The van der Waals surface area contributed by atoms with Crippen molar-refractivity contribution in [3.05, 3.63) is 101 Å². The summed E-state index contributed by atoms with van der Waals surface area (Å²) in [7, 11) is 1.75. The molecule has 0 aliphatic carbocycles. The maximum absolute atomic E-state index is 6.23. The van der Waals surface area contributed by atoms with Crippen molar-refractivity contribution in [2.75, 3.05) is 13.7 Å². The SMILES string of the molecule is COc1ccc(C(C)C)cc1CN[C@H]1[C@H](COCc2ccccc2)[C@@H](C)N[C@H]1c1ccccc1.Cl.Cl. The van der Waals surface area contributed by atoms with Gasteiger partial charge in [0.25, 0.3) is 0 Å². The molecule has 4 nitrogen and oxygen atoms in total. The van der Waals surface area contributed by atoms with Crippen molar-refractivity contribution in [2.45, 2.75) is 58.0 Å². The zero-order chi connectivity index (χ0) is 23.9. The second-order valence-corrected chi connectivity index (χ2v) is 9.64. The molecule has 1 aliphatic rings. The molecule has 0 saturated carbocycles. The minimum absolute atomic E-state index is 0. The first-order valence-corrected chi connectivity index (χ1v) is 12.4. The van der Waals surface area contributed by atoms with Gasteiger partial charge in [-0.25, -0.2) is 0 Å². The van der Waals surface area contributed by atoms with Gasteiger partial charge in [0, 0.05) is 36.2 Å².